The first-order chi connectivity index (χ1) is 9.62. The molecule has 4 nitrogen and oxygen atoms in total. The van der Waals surface area contributed by atoms with Crippen molar-refractivity contribution in [2.24, 2.45) is 16.2 Å². The molecule has 0 aliphatic carbocycles. The normalized spacial score (nSPS) is 19.0. The van der Waals surface area contributed by atoms with Crippen LogP contribution in [0, 0.1) is 16.2 Å². The molecule has 22 heavy (non-hydrogen) atoms. The number of hydrogen-bond donors (Lipinski definition) is 0. The molecule has 0 aromatic carbocycles. The predicted octanol–water partition coefficient (Wildman–Crippen LogP) is 4.16. The van der Waals surface area contributed by atoms with Gasteiger partial charge in [0, 0.05) is 0 Å². The third-order valence-corrected chi connectivity index (χ3v) is 12.9. The van der Waals surface area contributed by atoms with Crippen molar-refractivity contribution in [1.82, 2.24) is 0 Å². The van der Waals surface area contributed by atoms with Crippen LogP contribution in [0.3, 0.4) is 0 Å². The summed E-state index contributed by atoms with van der Waals surface area (Å²) in [4.78, 5) is 0. The number of rotatable bonds is 2. The van der Waals surface area contributed by atoms with Crippen LogP contribution in [-0.2, 0) is 12.3 Å². The standard InChI is InChI=1S/C13H27O.2CH3.3Al.3O/c1-10(2,3)13(14,11(4,5)6)12(7,8)9;;;;;;;;/h1-9H3;2*1H3;;;;;;/q-1;;;;;+1;;;. The second-order valence-electron chi connectivity index (χ2n) is 9.38. The molecule has 1 saturated heterocycles. The third-order valence-electron chi connectivity index (χ3n) is 4.43. The van der Waals surface area contributed by atoms with Crippen molar-refractivity contribution >= 4 is 44.8 Å². The Bertz CT molecular complexity index is 336. The lowest BCUT2D eigenvalue weighted by Crippen LogP contribution is -2.66. The first-order valence-corrected chi connectivity index (χ1v) is 13.9. The minimum absolute atomic E-state index is 0.0445. The Balaban J connectivity index is 3.27. The molecule has 0 unspecified atom stereocenters. The average Bonchev–Trinajstić information content (AvgIpc) is 2.18. The SMILES string of the molecule is [CH3][Al]1[O][Al]([CH3])[O][Al]([O]C(C(C)(C)C)(C(C)(C)C)C(C)(C)C)[O]1. The summed E-state index contributed by atoms with van der Waals surface area (Å²) in [6, 6.07) is 0. The van der Waals surface area contributed by atoms with Gasteiger partial charge in [-0.25, -0.2) is 0 Å². The van der Waals surface area contributed by atoms with Crippen LogP contribution in [0.15, 0.2) is 0 Å². The maximum absolute atomic E-state index is 6.80. The molecule has 1 rings (SSSR count). The van der Waals surface area contributed by atoms with Gasteiger partial charge in [0.1, 0.15) is 0 Å². The second kappa shape index (κ2) is 6.98. The molecule has 0 saturated carbocycles. The molecule has 0 atom stereocenters. The Labute approximate surface area is 152 Å². The Morgan fingerprint density at radius 2 is 0.909 bits per heavy atom. The molecule has 0 aromatic heterocycles. The van der Waals surface area contributed by atoms with Crippen LogP contribution in [0.1, 0.15) is 62.3 Å². The van der Waals surface area contributed by atoms with Crippen LogP contribution in [0.2, 0.25) is 11.6 Å². The Kier molecular flexibility index (Phi) is 6.81. The summed E-state index contributed by atoms with van der Waals surface area (Å²) in [5.74, 6) is 4.14. The summed E-state index contributed by atoms with van der Waals surface area (Å²) in [6.07, 6.45) is 0. The van der Waals surface area contributed by atoms with Crippen LogP contribution in [0.5, 0.6) is 0 Å². The molecule has 0 bridgehead atoms. The minimum Gasteiger partial charge on any atom is -0.594 e. The molecular formula is C15H33Al3O4. The quantitative estimate of drug-likeness (QED) is 0.695. The molecule has 0 radical (unpaired) electrons. The van der Waals surface area contributed by atoms with Gasteiger partial charge in [0.05, 0.1) is 5.60 Å². The van der Waals surface area contributed by atoms with Gasteiger partial charge in [-0.05, 0) is 16.2 Å². The summed E-state index contributed by atoms with van der Waals surface area (Å²) in [5, 5.41) is 0. The van der Waals surface area contributed by atoms with Crippen LogP contribution in [0.4, 0.5) is 0 Å². The molecule has 126 valence electrons. The average molecular weight is 358 g/mol. The Hall–Kier alpha value is 1.44. The largest absolute Gasteiger partial charge is 0.846 e. The Morgan fingerprint density at radius 3 is 1.18 bits per heavy atom. The Morgan fingerprint density at radius 1 is 0.591 bits per heavy atom. The zero-order chi connectivity index (χ0) is 17.6. The fraction of sp³-hybridized carbons (Fsp3) is 1.00. The van der Waals surface area contributed by atoms with Gasteiger partial charge in [0.15, 0.2) is 0 Å². The van der Waals surface area contributed by atoms with E-state index in [1.54, 1.807) is 0 Å². The number of hydrogen-bond acceptors (Lipinski definition) is 4. The van der Waals surface area contributed by atoms with E-state index in [0.29, 0.717) is 0 Å². The van der Waals surface area contributed by atoms with Crippen molar-refractivity contribution in [1.29, 1.82) is 0 Å². The highest BCUT2D eigenvalue weighted by molar-refractivity contribution is 6.70. The molecule has 0 aromatic rings. The van der Waals surface area contributed by atoms with E-state index in [-0.39, 0.29) is 21.8 Å². The van der Waals surface area contributed by atoms with Crippen molar-refractivity contribution in [3.63, 3.8) is 0 Å². The lowest BCUT2D eigenvalue weighted by Gasteiger charge is -2.62. The highest BCUT2D eigenvalue weighted by Gasteiger charge is 2.62. The fourth-order valence-electron chi connectivity index (χ4n) is 4.78. The van der Waals surface area contributed by atoms with Gasteiger partial charge < -0.3 is 12.3 Å². The summed E-state index contributed by atoms with van der Waals surface area (Å²) in [7, 11) is 0. The van der Waals surface area contributed by atoms with E-state index in [4.69, 9.17) is 12.3 Å². The van der Waals surface area contributed by atoms with E-state index in [1.807, 2.05) is 0 Å². The van der Waals surface area contributed by atoms with Crippen LogP contribution >= 0.6 is 0 Å². The van der Waals surface area contributed by atoms with E-state index in [1.165, 1.54) is 0 Å². The summed E-state index contributed by atoms with van der Waals surface area (Å²) < 4.78 is 24.7. The fourth-order valence-corrected chi connectivity index (χ4v) is 13.7. The zero-order valence-corrected chi connectivity index (χ0v) is 19.8. The van der Waals surface area contributed by atoms with Crippen LogP contribution in [0.25, 0.3) is 0 Å². The van der Waals surface area contributed by atoms with Crippen molar-refractivity contribution < 1.29 is 12.3 Å². The first kappa shape index (κ1) is 21.5. The predicted molar refractivity (Wildman–Crippen MR) is 94.4 cm³/mol. The van der Waals surface area contributed by atoms with E-state index in [0.717, 1.165) is 0 Å². The van der Waals surface area contributed by atoms with Gasteiger partial charge >= 0.3 is 44.8 Å². The van der Waals surface area contributed by atoms with E-state index in [2.05, 4.69) is 73.9 Å². The van der Waals surface area contributed by atoms with Gasteiger partial charge in [-0.2, -0.15) is 0 Å². The second-order valence-corrected chi connectivity index (χ2v) is 15.7. The molecule has 1 aliphatic heterocycles. The van der Waals surface area contributed by atoms with Crippen LogP contribution in [-0.4, -0.2) is 50.4 Å². The summed E-state index contributed by atoms with van der Waals surface area (Å²) >= 11 is -5.34. The van der Waals surface area contributed by atoms with Crippen molar-refractivity contribution in [3.05, 3.63) is 0 Å². The molecule has 0 spiro atoms. The van der Waals surface area contributed by atoms with Gasteiger partial charge in [0.25, 0.3) is 0 Å². The van der Waals surface area contributed by atoms with Crippen molar-refractivity contribution in [3.8, 4) is 0 Å². The van der Waals surface area contributed by atoms with Crippen LogP contribution < -0.4 is 0 Å². The first-order valence-electron chi connectivity index (χ1n) is 8.26. The lowest BCUT2D eigenvalue weighted by atomic mass is 9.52. The molecule has 1 heterocycles. The molecule has 1 aliphatic rings. The monoisotopic (exact) mass is 358 g/mol. The van der Waals surface area contributed by atoms with E-state index < -0.39 is 44.8 Å². The molecule has 7 heteroatoms. The smallest absolute Gasteiger partial charge is 0.594 e. The van der Waals surface area contributed by atoms with E-state index in [9.17, 15) is 0 Å². The lowest BCUT2D eigenvalue weighted by molar-refractivity contribution is -0.199. The van der Waals surface area contributed by atoms with Crippen molar-refractivity contribution in [2.45, 2.75) is 79.5 Å². The van der Waals surface area contributed by atoms with Gasteiger partial charge in [-0.3, -0.25) is 0 Å². The third kappa shape index (κ3) is 4.34. The summed E-state index contributed by atoms with van der Waals surface area (Å²) in [6.45, 7) is 20.4. The summed E-state index contributed by atoms with van der Waals surface area (Å²) in [5.41, 5.74) is -0.491. The van der Waals surface area contributed by atoms with Crippen molar-refractivity contribution in [2.75, 3.05) is 0 Å². The zero-order valence-electron chi connectivity index (χ0n) is 16.4. The molecular weight excluding hydrogens is 325 g/mol. The minimum atomic E-state index is -2.17. The van der Waals surface area contributed by atoms with Gasteiger partial charge in [0.2, 0.25) is 0 Å². The highest BCUT2D eigenvalue weighted by atomic mass is 27.4. The maximum Gasteiger partial charge on any atom is 0.846 e. The van der Waals surface area contributed by atoms with Gasteiger partial charge in [-0.1, -0.05) is 73.9 Å². The highest BCUT2D eigenvalue weighted by Crippen LogP contribution is 2.57. The molecule has 0 amide bonds. The maximum atomic E-state index is 6.80. The molecule has 0 N–H and O–H groups in total. The van der Waals surface area contributed by atoms with Gasteiger partial charge in [-0.15, -0.1) is 0 Å². The topological polar surface area (TPSA) is 36.9 Å². The van der Waals surface area contributed by atoms with E-state index >= 15 is 0 Å². The molecule has 1 fully saturated rings.